The summed E-state index contributed by atoms with van der Waals surface area (Å²) in [6.07, 6.45) is 6.99. The molecule has 0 aliphatic carbocycles. The van der Waals surface area contributed by atoms with Crippen LogP contribution in [-0.2, 0) is 0 Å². The van der Waals surface area contributed by atoms with Crippen molar-refractivity contribution in [2.24, 2.45) is 5.41 Å². The second-order valence-electron chi connectivity index (χ2n) is 8.72. The van der Waals surface area contributed by atoms with Crippen molar-refractivity contribution in [3.8, 4) is 0 Å². The Kier molecular flexibility index (Phi) is 7.00. The first-order valence-corrected chi connectivity index (χ1v) is 8.66. The first kappa shape index (κ1) is 18.0. The van der Waals surface area contributed by atoms with Gasteiger partial charge in [0.25, 0.3) is 0 Å². The number of hydrogen-bond donors (Lipinski definition) is 0. The van der Waals surface area contributed by atoms with E-state index in [0.717, 1.165) is 0 Å². The van der Waals surface area contributed by atoms with Crippen molar-refractivity contribution in [1.29, 1.82) is 0 Å². The van der Waals surface area contributed by atoms with Crippen LogP contribution in [0.3, 0.4) is 0 Å². The van der Waals surface area contributed by atoms with Crippen LogP contribution in [0.5, 0.6) is 0 Å². The fourth-order valence-electron chi connectivity index (χ4n) is 2.99. The molecule has 0 atom stereocenters. The van der Waals surface area contributed by atoms with E-state index >= 15 is 0 Å². The zero-order valence-corrected chi connectivity index (χ0v) is 15.0. The summed E-state index contributed by atoms with van der Waals surface area (Å²) in [5.41, 5.74) is 0.863. The molecule has 0 N–H and O–H groups in total. The zero-order valence-electron chi connectivity index (χ0n) is 15.0. The average molecular weight is 283 g/mol. The Morgan fingerprint density at radius 2 is 1.25 bits per heavy atom. The van der Waals surface area contributed by atoms with E-state index in [4.69, 9.17) is 0 Å². The monoisotopic (exact) mass is 282 g/mol. The van der Waals surface area contributed by atoms with E-state index < -0.39 is 0 Å². The lowest BCUT2D eigenvalue weighted by atomic mass is 9.89. The Hall–Kier alpha value is -0.0800. The minimum absolute atomic E-state index is 0.346. The third kappa shape index (κ3) is 7.64. The first-order valence-electron chi connectivity index (χ1n) is 8.66. The third-order valence-electron chi connectivity index (χ3n) is 4.47. The summed E-state index contributed by atoms with van der Waals surface area (Å²) in [5.74, 6) is 0. The van der Waals surface area contributed by atoms with Crippen LogP contribution in [0.15, 0.2) is 0 Å². The summed E-state index contributed by atoms with van der Waals surface area (Å²) in [4.78, 5) is 5.28. The van der Waals surface area contributed by atoms with Crippen LogP contribution in [0.1, 0.15) is 73.6 Å². The van der Waals surface area contributed by atoms with Crippen LogP contribution in [0.4, 0.5) is 0 Å². The van der Waals surface area contributed by atoms with Crippen LogP contribution < -0.4 is 0 Å². The number of nitrogens with zero attached hydrogens (tertiary/aromatic N) is 2. The van der Waals surface area contributed by atoms with Gasteiger partial charge in [-0.15, -0.1) is 0 Å². The van der Waals surface area contributed by atoms with Crippen LogP contribution in [0.2, 0.25) is 0 Å². The number of unbranched alkanes of at least 4 members (excludes halogenated alkanes) is 3. The summed E-state index contributed by atoms with van der Waals surface area (Å²) < 4.78 is 0. The number of hydrogen-bond acceptors (Lipinski definition) is 2. The molecule has 1 heterocycles. The van der Waals surface area contributed by atoms with Gasteiger partial charge in [-0.05, 0) is 45.6 Å². The minimum atomic E-state index is 0.346. The lowest BCUT2D eigenvalue weighted by Gasteiger charge is -2.42. The van der Waals surface area contributed by atoms with Crippen molar-refractivity contribution in [3.63, 3.8) is 0 Å². The average Bonchev–Trinajstić information content (AvgIpc) is 2.32. The van der Waals surface area contributed by atoms with Gasteiger partial charge in [0.15, 0.2) is 0 Å². The molecule has 1 fully saturated rings. The summed E-state index contributed by atoms with van der Waals surface area (Å²) in [6, 6.07) is 0. The van der Waals surface area contributed by atoms with E-state index in [1.807, 2.05) is 0 Å². The molecule has 20 heavy (non-hydrogen) atoms. The van der Waals surface area contributed by atoms with Crippen molar-refractivity contribution in [1.82, 2.24) is 9.80 Å². The molecule has 0 aromatic carbocycles. The Morgan fingerprint density at radius 1 is 0.700 bits per heavy atom. The molecular weight excluding hydrogens is 244 g/mol. The van der Waals surface area contributed by atoms with Crippen LogP contribution in [-0.4, -0.2) is 48.1 Å². The molecular formula is C18H38N2. The van der Waals surface area contributed by atoms with E-state index in [2.05, 4.69) is 51.3 Å². The predicted molar refractivity (Wildman–Crippen MR) is 90.3 cm³/mol. The number of piperazine rings is 1. The highest BCUT2D eigenvalue weighted by Gasteiger charge is 2.25. The molecule has 2 nitrogen and oxygen atoms in total. The molecule has 0 unspecified atom stereocenters. The summed E-state index contributed by atoms with van der Waals surface area (Å²) in [5, 5.41) is 0. The van der Waals surface area contributed by atoms with Crippen LogP contribution in [0.25, 0.3) is 0 Å². The summed E-state index contributed by atoms with van der Waals surface area (Å²) >= 11 is 0. The molecule has 1 saturated heterocycles. The predicted octanol–water partition coefficient (Wildman–Crippen LogP) is 4.40. The highest BCUT2D eigenvalue weighted by atomic mass is 15.3. The highest BCUT2D eigenvalue weighted by molar-refractivity contribution is 4.81. The topological polar surface area (TPSA) is 6.48 Å². The Labute approximate surface area is 127 Å². The lowest BCUT2D eigenvalue weighted by molar-refractivity contribution is 0.0616. The van der Waals surface area contributed by atoms with Gasteiger partial charge in [-0.2, -0.15) is 0 Å². The fourth-order valence-corrected chi connectivity index (χ4v) is 2.99. The van der Waals surface area contributed by atoms with Gasteiger partial charge in [-0.1, -0.05) is 40.0 Å². The van der Waals surface area contributed by atoms with Crippen LogP contribution >= 0.6 is 0 Å². The fraction of sp³-hybridized carbons (Fsp3) is 1.00. The first-order chi connectivity index (χ1) is 9.18. The SMILES string of the molecule is CC(C)(C)CCCCCCN1CCN(C(C)(C)C)CC1. The van der Waals surface area contributed by atoms with Gasteiger partial charge in [0.2, 0.25) is 0 Å². The summed E-state index contributed by atoms with van der Waals surface area (Å²) in [7, 11) is 0. The molecule has 1 rings (SSSR count). The van der Waals surface area contributed by atoms with E-state index in [1.165, 1.54) is 64.8 Å². The number of rotatable bonds is 6. The van der Waals surface area contributed by atoms with Gasteiger partial charge < -0.3 is 4.90 Å². The molecule has 0 aromatic heterocycles. The third-order valence-corrected chi connectivity index (χ3v) is 4.47. The molecule has 0 spiro atoms. The largest absolute Gasteiger partial charge is 0.301 e. The molecule has 0 amide bonds. The molecule has 0 saturated carbocycles. The van der Waals surface area contributed by atoms with Gasteiger partial charge in [-0.3, -0.25) is 4.90 Å². The van der Waals surface area contributed by atoms with Crippen molar-refractivity contribution in [2.75, 3.05) is 32.7 Å². The maximum Gasteiger partial charge on any atom is 0.0126 e. The molecule has 1 aliphatic heterocycles. The molecule has 0 bridgehead atoms. The van der Waals surface area contributed by atoms with Gasteiger partial charge in [0.05, 0.1) is 0 Å². The standard InChI is InChI=1S/C18H38N2/c1-17(2,3)11-9-7-8-10-12-19-13-15-20(16-14-19)18(4,5)6/h7-16H2,1-6H3. The smallest absolute Gasteiger partial charge is 0.0126 e. The second-order valence-corrected chi connectivity index (χ2v) is 8.72. The van der Waals surface area contributed by atoms with Crippen molar-refractivity contribution < 1.29 is 0 Å². The maximum atomic E-state index is 2.66. The molecule has 120 valence electrons. The molecule has 1 aliphatic rings. The van der Waals surface area contributed by atoms with Crippen molar-refractivity contribution in [2.45, 2.75) is 79.2 Å². The van der Waals surface area contributed by atoms with Crippen LogP contribution in [0, 0.1) is 5.41 Å². The van der Waals surface area contributed by atoms with Gasteiger partial charge >= 0.3 is 0 Å². The molecule has 0 aromatic rings. The van der Waals surface area contributed by atoms with Crippen molar-refractivity contribution in [3.05, 3.63) is 0 Å². The van der Waals surface area contributed by atoms with E-state index in [9.17, 15) is 0 Å². The van der Waals surface area contributed by atoms with Crippen molar-refractivity contribution >= 4 is 0 Å². The quantitative estimate of drug-likeness (QED) is 0.666. The lowest BCUT2D eigenvalue weighted by Crippen LogP contribution is -2.53. The van der Waals surface area contributed by atoms with E-state index in [0.29, 0.717) is 11.0 Å². The zero-order chi connectivity index (χ0) is 15.2. The highest BCUT2D eigenvalue weighted by Crippen LogP contribution is 2.22. The van der Waals surface area contributed by atoms with Gasteiger partial charge in [0.1, 0.15) is 0 Å². The normalized spacial score (nSPS) is 19.5. The van der Waals surface area contributed by atoms with E-state index in [1.54, 1.807) is 0 Å². The second kappa shape index (κ2) is 7.79. The maximum absolute atomic E-state index is 2.66. The Bertz CT molecular complexity index is 252. The van der Waals surface area contributed by atoms with E-state index in [-0.39, 0.29) is 0 Å². The Morgan fingerprint density at radius 3 is 1.75 bits per heavy atom. The molecule has 2 heteroatoms. The Balaban J connectivity index is 2.02. The minimum Gasteiger partial charge on any atom is -0.301 e. The molecule has 0 radical (unpaired) electrons. The van der Waals surface area contributed by atoms with Gasteiger partial charge in [-0.25, -0.2) is 0 Å². The summed E-state index contributed by atoms with van der Waals surface area (Å²) in [6.45, 7) is 20.4. The van der Waals surface area contributed by atoms with Gasteiger partial charge in [0, 0.05) is 31.7 Å².